The van der Waals surface area contributed by atoms with Gasteiger partial charge in [-0.05, 0) is 42.0 Å². The van der Waals surface area contributed by atoms with Gasteiger partial charge >= 0.3 is 0 Å². The molecule has 0 bridgehead atoms. The van der Waals surface area contributed by atoms with E-state index in [9.17, 15) is 4.79 Å². The molecule has 1 amide bonds. The normalized spacial score (nSPS) is 14.4. The van der Waals surface area contributed by atoms with Gasteiger partial charge in [-0.25, -0.2) is 0 Å². The van der Waals surface area contributed by atoms with E-state index in [1.54, 1.807) is 11.8 Å². The number of amides is 1. The van der Waals surface area contributed by atoms with Crippen LogP contribution >= 0.6 is 39.5 Å². The van der Waals surface area contributed by atoms with Crippen LogP contribution in [0, 0.1) is 0 Å². The zero-order chi connectivity index (χ0) is 17.5. The molecule has 0 saturated carbocycles. The molecular weight excluding hydrogens is 416 g/mol. The molecule has 3 rings (SSSR count). The molecule has 3 nitrogen and oxygen atoms in total. The molecule has 2 aromatic rings. The van der Waals surface area contributed by atoms with Gasteiger partial charge in [0.05, 0.1) is 5.75 Å². The third-order valence-electron chi connectivity index (χ3n) is 3.99. The highest BCUT2D eigenvalue weighted by atomic mass is 79.9. The van der Waals surface area contributed by atoms with Gasteiger partial charge in [0.2, 0.25) is 5.91 Å². The average molecular weight is 437 g/mol. The fourth-order valence-electron chi connectivity index (χ4n) is 2.58. The van der Waals surface area contributed by atoms with Crippen molar-refractivity contribution in [3.05, 3.63) is 58.6 Å². The summed E-state index contributed by atoms with van der Waals surface area (Å²) >= 11 is 6.98. The summed E-state index contributed by atoms with van der Waals surface area (Å²) in [5.74, 6) is 2.90. The Labute approximate surface area is 166 Å². The van der Waals surface area contributed by atoms with E-state index < -0.39 is 0 Å². The van der Waals surface area contributed by atoms with E-state index in [-0.39, 0.29) is 5.91 Å². The van der Waals surface area contributed by atoms with Gasteiger partial charge in [-0.1, -0.05) is 28.1 Å². The van der Waals surface area contributed by atoms with Crippen LogP contribution < -0.4 is 10.2 Å². The van der Waals surface area contributed by atoms with Crippen molar-refractivity contribution in [3.63, 3.8) is 0 Å². The SMILES string of the molecule is O=C(CSc1ccc(Br)cc1)NCc1ccc(N2CCSCC2)cc1. The third kappa shape index (κ3) is 5.97. The lowest BCUT2D eigenvalue weighted by Crippen LogP contribution is -2.32. The van der Waals surface area contributed by atoms with Gasteiger partial charge in [-0.3, -0.25) is 4.79 Å². The Morgan fingerprint density at radius 1 is 1.08 bits per heavy atom. The van der Waals surface area contributed by atoms with Gasteiger partial charge in [0, 0.05) is 46.2 Å². The number of nitrogens with zero attached hydrogens (tertiary/aromatic N) is 1. The Bertz CT molecular complexity index is 686. The van der Waals surface area contributed by atoms with E-state index in [1.165, 1.54) is 17.2 Å². The lowest BCUT2D eigenvalue weighted by Gasteiger charge is -2.28. The molecule has 0 unspecified atom stereocenters. The van der Waals surface area contributed by atoms with Crippen molar-refractivity contribution in [3.8, 4) is 0 Å². The summed E-state index contributed by atoms with van der Waals surface area (Å²) in [6, 6.07) is 16.5. The van der Waals surface area contributed by atoms with Crippen LogP contribution in [0.2, 0.25) is 0 Å². The lowest BCUT2D eigenvalue weighted by molar-refractivity contribution is -0.118. The smallest absolute Gasteiger partial charge is 0.230 e. The number of benzene rings is 2. The number of hydrogen-bond acceptors (Lipinski definition) is 4. The second-order valence-electron chi connectivity index (χ2n) is 5.79. The molecule has 2 aromatic carbocycles. The highest BCUT2D eigenvalue weighted by Gasteiger charge is 2.11. The first-order valence-corrected chi connectivity index (χ1v) is 11.2. The molecule has 1 saturated heterocycles. The van der Waals surface area contributed by atoms with Crippen molar-refractivity contribution in [2.75, 3.05) is 35.2 Å². The first-order chi connectivity index (χ1) is 12.2. The minimum Gasteiger partial charge on any atom is -0.370 e. The monoisotopic (exact) mass is 436 g/mol. The van der Waals surface area contributed by atoms with Crippen LogP contribution in [-0.2, 0) is 11.3 Å². The molecule has 0 radical (unpaired) electrons. The summed E-state index contributed by atoms with van der Waals surface area (Å²) in [7, 11) is 0. The predicted molar refractivity (Wildman–Crippen MR) is 113 cm³/mol. The minimum absolute atomic E-state index is 0.0602. The number of thioether (sulfide) groups is 2. The number of carbonyl (C=O) groups excluding carboxylic acids is 1. The van der Waals surface area contributed by atoms with Crippen LogP contribution in [0.5, 0.6) is 0 Å². The molecule has 1 heterocycles. The number of nitrogens with one attached hydrogen (secondary N) is 1. The number of hydrogen-bond donors (Lipinski definition) is 1. The number of anilines is 1. The highest BCUT2D eigenvalue weighted by molar-refractivity contribution is 9.10. The van der Waals surface area contributed by atoms with E-state index in [0.29, 0.717) is 12.3 Å². The van der Waals surface area contributed by atoms with Gasteiger partial charge in [0.1, 0.15) is 0 Å². The minimum atomic E-state index is 0.0602. The molecule has 1 aliphatic heterocycles. The van der Waals surface area contributed by atoms with E-state index >= 15 is 0 Å². The third-order valence-corrected chi connectivity index (χ3v) is 6.47. The van der Waals surface area contributed by atoms with Crippen LogP contribution in [0.3, 0.4) is 0 Å². The molecule has 132 valence electrons. The lowest BCUT2D eigenvalue weighted by atomic mass is 10.2. The van der Waals surface area contributed by atoms with Gasteiger partial charge in [-0.15, -0.1) is 11.8 Å². The number of carbonyl (C=O) groups is 1. The molecule has 1 fully saturated rings. The van der Waals surface area contributed by atoms with E-state index in [0.717, 1.165) is 28.0 Å². The quantitative estimate of drug-likeness (QED) is 0.679. The van der Waals surface area contributed by atoms with Crippen LogP contribution in [0.15, 0.2) is 57.9 Å². The Morgan fingerprint density at radius 2 is 1.76 bits per heavy atom. The van der Waals surface area contributed by atoms with E-state index in [2.05, 4.69) is 50.4 Å². The summed E-state index contributed by atoms with van der Waals surface area (Å²) in [6.45, 7) is 2.82. The molecule has 6 heteroatoms. The zero-order valence-corrected chi connectivity index (χ0v) is 17.1. The van der Waals surface area contributed by atoms with Crippen LogP contribution in [0.1, 0.15) is 5.56 Å². The maximum Gasteiger partial charge on any atom is 0.230 e. The second kappa shape index (κ2) is 9.55. The summed E-state index contributed by atoms with van der Waals surface area (Å²) in [4.78, 5) is 15.5. The number of halogens is 1. The Morgan fingerprint density at radius 3 is 2.44 bits per heavy atom. The first-order valence-electron chi connectivity index (χ1n) is 8.27. The van der Waals surface area contributed by atoms with E-state index in [1.807, 2.05) is 36.0 Å². The Kier molecular flexibility index (Phi) is 7.13. The molecule has 1 N–H and O–H groups in total. The maximum absolute atomic E-state index is 12.0. The maximum atomic E-state index is 12.0. The Hall–Kier alpha value is -1.11. The fraction of sp³-hybridized carbons (Fsp3) is 0.316. The van der Waals surface area contributed by atoms with Crippen molar-refractivity contribution in [1.29, 1.82) is 0 Å². The van der Waals surface area contributed by atoms with Crippen molar-refractivity contribution < 1.29 is 4.79 Å². The van der Waals surface area contributed by atoms with Gasteiger partial charge < -0.3 is 10.2 Å². The van der Waals surface area contributed by atoms with Crippen molar-refractivity contribution in [2.45, 2.75) is 11.4 Å². The van der Waals surface area contributed by atoms with Gasteiger partial charge in [-0.2, -0.15) is 11.8 Å². The molecule has 25 heavy (non-hydrogen) atoms. The molecule has 0 atom stereocenters. The van der Waals surface area contributed by atoms with Crippen LogP contribution in [-0.4, -0.2) is 36.3 Å². The van der Waals surface area contributed by atoms with Gasteiger partial charge in [0.25, 0.3) is 0 Å². The van der Waals surface area contributed by atoms with Crippen LogP contribution in [0.25, 0.3) is 0 Å². The molecule has 0 spiro atoms. The van der Waals surface area contributed by atoms with E-state index in [4.69, 9.17) is 0 Å². The fourth-order valence-corrected chi connectivity index (χ4v) is 4.47. The van der Waals surface area contributed by atoms with Crippen molar-refractivity contribution >= 4 is 51.0 Å². The summed E-state index contributed by atoms with van der Waals surface area (Å²) in [5, 5.41) is 2.99. The zero-order valence-electron chi connectivity index (χ0n) is 13.9. The topological polar surface area (TPSA) is 32.3 Å². The van der Waals surface area contributed by atoms with Crippen molar-refractivity contribution in [2.24, 2.45) is 0 Å². The molecule has 1 aliphatic rings. The predicted octanol–water partition coefficient (Wildman–Crippen LogP) is 4.41. The first kappa shape index (κ1) is 18.7. The van der Waals surface area contributed by atoms with Crippen molar-refractivity contribution in [1.82, 2.24) is 5.32 Å². The van der Waals surface area contributed by atoms with Crippen LogP contribution in [0.4, 0.5) is 5.69 Å². The molecular formula is C19H21BrN2OS2. The molecule has 0 aliphatic carbocycles. The average Bonchev–Trinajstić information content (AvgIpc) is 2.67. The summed E-state index contributed by atoms with van der Waals surface area (Å²) in [5.41, 5.74) is 2.42. The largest absolute Gasteiger partial charge is 0.370 e. The molecule has 0 aromatic heterocycles. The summed E-state index contributed by atoms with van der Waals surface area (Å²) < 4.78 is 1.05. The standard InChI is InChI=1S/C19H21BrN2OS2/c20-16-3-7-18(8-4-16)25-14-19(23)21-13-15-1-5-17(6-2-15)22-9-11-24-12-10-22/h1-8H,9-14H2,(H,21,23). The second-order valence-corrected chi connectivity index (χ2v) is 8.97. The summed E-state index contributed by atoms with van der Waals surface area (Å²) in [6.07, 6.45) is 0. The highest BCUT2D eigenvalue weighted by Crippen LogP contribution is 2.21. The Balaban J connectivity index is 1.43. The number of rotatable bonds is 6. The van der Waals surface area contributed by atoms with Gasteiger partial charge in [0.15, 0.2) is 0 Å².